The van der Waals surface area contributed by atoms with E-state index >= 15 is 0 Å². The van der Waals surface area contributed by atoms with Gasteiger partial charge < -0.3 is 19.4 Å². The maximum Gasteiger partial charge on any atom is 0.224 e. The molecule has 1 N–H and O–H groups in total. The summed E-state index contributed by atoms with van der Waals surface area (Å²) >= 11 is 0. The number of carbonyl (C=O) groups is 1. The number of rotatable bonds is 6. The smallest absolute Gasteiger partial charge is 0.224 e. The second kappa shape index (κ2) is 7.92. The van der Waals surface area contributed by atoms with Gasteiger partial charge in [-0.15, -0.1) is 0 Å². The van der Waals surface area contributed by atoms with E-state index in [1.165, 1.54) is 0 Å². The number of pyridine rings is 1. The van der Waals surface area contributed by atoms with Gasteiger partial charge in [-0.3, -0.25) is 4.79 Å². The van der Waals surface area contributed by atoms with Crippen molar-refractivity contribution in [2.24, 2.45) is 5.92 Å². The third kappa shape index (κ3) is 3.60. The van der Waals surface area contributed by atoms with E-state index in [-0.39, 0.29) is 11.8 Å². The van der Waals surface area contributed by atoms with Crippen molar-refractivity contribution in [1.82, 2.24) is 19.7 Å². The van der Waals surface area contributed by atoms with Gasteiger partial charge in [0.1, 0.15) is 0 Å². The highest BCUT2D eigenvalue weighted by molar-refractivity contribution is 5.84. The third-order valence-electron chi connectivity index (χ3n) is 5.13. The normalized spacial score (nSPS) is 17.5. The van der Waals surface area contributed by atoms with Gasteiger partial charge in [-0.1, -0.05) is 0 Å². The molecular weight excluding hydrogens is 342 g/mol. The zero-order chi connectivity index (χ0) is 18.6. The van der Waals surface area contributed by atoms with Crippen LogP contribution in [0, 0.1) is 5.92 Å². The first-order valence-corrected chi connectivity index (χ1v) is 9.51. The van der Waals surface area contributed by atoms with E-state index in [4.69, 9.17) is 9.72 Å². The Hall–Kier alpha value is -2.67. The van der Waals surface area contributed by atoms with Crippen molar-refractivity contribution in [3.05, 3.63) is 36.7 Å². The van der Waals surface area contributed by atoms with Crippen LogP contribution in [0.15, 0.2) is 36.7 Å². The van der Waals surface area contributed by atoms with Crippen LogP contribution in [0.3, 0.4) is 0 Å². The number of methoxy groups -OCH3 is 1. The Morgan fingerprint density at radius 3 is 3.11 bits per heavy atom. The molecule has 4 rings (SSSR count). The van der Waals surface area contributed by atoms with E-state index in [0.717, 1.165) is 48.3 Å². The molecule has 0 radical (unpaired) electrons. The van der Waals surface area contributed by atoms with Crippen molar-refractivity contribution in [2.75, 3.05) is 38.3 Å². The molecule has 0 aromatic carbocycles. The van der Waals surface area contributed by atoms with Crippen LogP contribution in [-0.2, 0) is 9.53 Å². The maximum atomic E-state index is 12.5. The highest BCUT2D eigenvalue weighted by Gasteiger charge is 2.27. The minimum Gasteiger partial charge on any atom is -0.385 e. The number of fused-ring (bicyclic) bond motifs is 3. The zero-order valence-corrected chi connectivity index (χ0v) is 15.6. The molecule has 0 bridgehead atoms. The molecule has 1 amide bonds. The quantitative estimate of drug-likeness (QED) is 0.677. The lowest BCUT2D eigenvalue weighted by Gasteiger charge is -2.33. The van der Waals surface area contributed by atoms with Crippen molar-refractivity contribution in [1.29, 1.82) is 0 Å². The number of ether oxygens (including phenoxy) is 1. The largest absolute Gasteiger partial charge is 0.385 e. The van der Waals surface area contributed by atoms with E-state index in [2.05, 4.69) is 25.7 Å². The van der Waals surface area contributed by atoms with Gasteiger partial charge >= 0.3 is 0 Å². The van der Waals surface area contributed by atoms with E-state index < -0.39 is 0 Å². The predicted molar refractivity (Wildman–Crippen MR) is 105 cm³/mol. The second-order valence-corrected chi connectivity index (χ2v) is 6.97. The zero-order valence-electron chi connectivity index (χ0n) is 15.6. The summed E-state index contributed by atoms with van der Waals surface area (Å²) in [4.78, 5) is 24.0. The first-order valence-electron chi connectivity index (χ1n) is 9.51. The first-order chi connectivity index (χ1) is 13.3. The summed E-state index contributed by atoms with van der Waals surface area (Å²) in [6, 6.07) is 8.05. The van der Waals surface area contributed by atoms with Crippen LogP contribution >= 0.6 is 0 Å². The van der Waals surface area contributed by atoms with E-state index in [1.54, 1.807) is 13.3 Å². The molecule has 1 fully saturated rings. The molecule has 27 heavy (non-hydrogen) atoms. The van der Waals surface area contributed by atoms with E-state index in [9.17, 15) is 4.79 Å². The Labute approximate surface area is 158 Å². The molecule has 7 nitrogen and oxygen atoms in total. The second-order valence-electron chi connectivity index (χ2n) is 6.97. The molecule has 0 unspecified atom stereocenters. The van der Waals surface area contributed by atoms with Crippen LogP contribution in [0.4, 0.5) is 5.82 Å². The molecule has 1 aliphatic heterocycles. The van der Waals surface area contributed by atoms with E-state index in [1.807, 2.05) is 24.4 Å². The summed E-state index contributed by atoms with van der Waals surface area (Å²) in [5.74, 6) is 1.02. The number of hydrogen-bond donors (Lipinski definition) is 1. The number of aromatic nitrogens is 3. The van der Waals surface area contributed by atoms with Crippen LogP contribution in [-0.4, -0.2) is 53.6 Å². The van der Waals surface area contributed by atoms with Crippen molar-refractivity contribution in [3.63, 3.8) is 0 Å². The van der Waals surface area contributed by atoms with Crippen LogP contribution in [0.2, 0.25) is 0 Å². The lowest BCUT2D eigenvalue weighted by atomic mass is 9.97. The van der Waals surface area contributed by atoms with Crippen molar-refractivity contribution in [3.8, 4) is 0 Å². The summed E-state index contributed by atoms with van der Waals surface area (Å²) in [5, 5.41) is 3.04. The van der Waals surface area contributed by atoms with Gasteiger partial charge in [-0.25, -0.2) is 9.97 Å². The van der Waals surface area contributed by atoms with E-state index in [0.29, 0.717) is 19.7 Å². The summed E-state index contributed by atoms with van der Waals surface area (Å²) in [6.07, 6.45) is 6.53. The molecule has 0 spiro atoms. The van der Waals surface area contributed by atoms with Crippen LogP contribution in [0.5, 0.6) is 0 Å². The average Bonchev–Trinajstić information content (AvgIpc) is 3.21. The summed E-state index contributed by atoms with van der Waals surface area (Å²) in [6.45, 7) is 2.91. The molecule has 3 aromatic rings. The standard InChI is InChI=1S/C20H25N5O2/c1-27-13-5-10-22-20(26)15-6-3-11-24(14-15)19-17-8-4-12-25(17)16-7-2-9-21-18(16)23-19/h2,4,7-9,12,15H,3,5-6,10-11,13-14H2,1H3,(H,22,26)/t15-/m1/s1. The fourth-order valence-corrected chi connectivity index (χ4v) is 3.78. The molecule has 1 saturated heterocycles. The van der Waals surface area contributed by atoms with Crippen LogP contribution in [0.1, 0.15) is 19.3 Å². The van der Waals surface area contributed by atoms with Gasteiger partial charge in [-0.05, 0) is 43.5 Å². The lowest BCUT2D eigenvalue weighted by Crippen LogP contribution is -2.43. The number of piperidine rings is 1. The van der Waals surface area contributed by atoms with Gasteiger partial charge in [0.15, 0.2) is 11.5 Å². The highest BCUT2D eigenvalue weighted by Crippen LogP contribution is 2.28. The van der Waals surface area contributed by atoms with Gasteiger partial charge in [0.25, 0.3) is 0 Å². The van der Waals surface area contributed by atoms with Crippen molar-refractivity contribution < 1.29 is 9.53 Å². The Morgan fingerprint density at radius 2 is 2.22 bits per heavy atom. The highest BCUT2D eigenvalue weighted by atomic mass is 16.5. The average molecular weight is 367 g/mol. The minimum absolute atomic E-state index is 0.0162. The van der Waals surface area contributed by atoms with Gasteiger partial charge in [0, 0.05) is 45.7 Å². The van der Waals surface area contributed by atoms with Crippen molar-refractivity contribution in [2.45, 2.75) is 19.3 Å². The molecular formula is C20H25N5O2. The number of carbonyl (C=O) groups excluding carboxylic acids is 1. The topological polar surface area (TPSA) is 71.8 Å². The van der Waals surface area contributed by atoms with Gasteiger partial charge in [0.05, 0.1) is 17.0 Å². The monoisotopic (exact) mass is 367 g/mol. The maximum absolute atomic E-state index is 12.5. The Morgan fingerprint density at radius 1 is 1.33 bits per heavy atom. The summed E-state index contributed by atoms with van der Waals surface area (Å²) in [5.41, 5.74) is 2.77. The molecule has 0 aliphatic carbocycles. The van der Waals surface area contributed by atoms with Gasteiger partial charge in [-0.2, -0.15) is 0 Å². The number of nitrogens with zero attached hydrogens (tertiary/aromatic N) is 4. The summed E-state index contributed by atoms with van der Waals surface area (Å²) in [7, 11) is 1.68. The SMILES string of the molecule is COCCCNC(=O)[C@@H]1CCCN(c2nc3ncccc3n3cccc23)C1. The van der Waals surface area contributed by atoms with Gasteiger partial charge in [0.2, 0.25) is 5.91 Å². The molecule has 1 aliphatic rings. The van der Waals surface area contributed by atoms with Crippen LogP contribution < -0.4 is 10.2 Å². The summed E-state index contributed by atoms with van der Waals surface area (Å²) < 4.78 is 7.16. The molecule has 3 aromatic heterocycles. The third-order valence-corrected chi connectivity index (χ3v) is 5.13. The Balaban J connectivity index is 1.56. The number of hydrogen-bond acceptors (Lipinski definition) is 5. The first kappa shape index (κ1) is 17.7. The fourth-order valence-electron chi connectivity index (χ4n) is 3.78. The Bertz CT molecular complexity index is 938. The molecule has 1 atom stereocenters. The molecule has 4 heterocycles. The Kier molecular flexibility index (Phi) is 5.20. The number of nitrogens with one attached hydrogen (secondary N) is 1. The molecule has 0 saturated carbocycles. The number of anilines is 1. The lowest BCUT2D eigenvalue weighted by molar-refractivity contribution is -0.125. The van der Waals surface area contributed by atoms with Crippen LogP contribution in [0.25, 0.3) is 16.7 Å². The number of amides is 1. The predicted octanol–water partition coefficient (Wildman–Crippen LogP) is 2.25. The fraction of sp³-hybridized carbons (Fsp3) is 0.450. The van der Waals surface area contributed by atoms with Crippen molar-refractivity contribution >= 4 is 28.4 Å². The minimum atomic E-state index is -0.0162. The molecule has 142 valence electrons. The molecule has 7 heteroatoms.